The third-order valence-electron chi connectivity index (χ3n) is 4.09. The molecule has 0 saturated carbocycles. The van der Waals surface area contributed by atoms with Gasteiger partial charge in [-0.2, -0.15) is 5.10 Å². The molecule has 11 heteroatoms. The third-order valence-corrected chi connectivity index (χ3v) is 4.90. The van der Waals surface area contributed by atoms with Crippen LogP contribution in [0.4, 0.5) is 11.4 Å². The zero-order valence-electron chi connectivity index (χ0n) is 16.3. The van der Waals surface area contributed by atoms with Crippen molar-refractivity contribution in [3.8, 4) is 11.5 Å². The number of nitrogens with one attached hydrogen (secondary N) is 1. The number of hydrazone groups is 1. The molecule has 2 aromatic carbocycles. The van der Waals surface area contributed by atoms with Gasteiger partial charge in [0.2, 0.25) is 11.7 Å². The normalized spacial score (nSPS) is 11.2. The topological polar surface area (TPSA) is 136 Å². The van der Waals surface area contributed by atoms with Crippen molar-refractivity contribution in [2.75, 3.05) is 5.43 Å². The van der Waals surface area contributed by atoms with E-state index in [1.807, 2.05) is 18.2 Å². The molecule has 2 heterocycles. The van der Waals surface area contributed by atoms with Crippen molar-refractivity contribution < 1.29 is 14.1 Å². The molecule has 0 atom stereocenters. The van der Waals surface area contributed by atoms with Gasteiger partial charge in [0.15, 0.2) is 5.04 Å². The number of benzene rings is 2. The van der Waals surface area contributed by atoms with Gasteiger partial charge in [-0.3, -0.25) is 25.3 Å². The molecular weight excluding hydrogens is 432 g/mol. The van der Waals surface area contributed by atoms with Crippen LogP contribution in [0.5, 0.6) is 0 Å². The van der Waals surface area contributed by atoms with Crippen molar-refractivity contribution in [3.63, 3.8) is 0 Å². The summed E-state index contributed by atoms with van der Waals surface area (Å²) in [5.41, 5.74) is 4.23. The van der Waals surface area contributed by atoms with Gasteiger partial charge in [-0.05, 0) is 48.2 Å². The maximum Gasteiger partial charge on any atom is 0.283 e. The summed E-state index contributed by atoms with van der Waals surface area (Å²) in [5.74, 6) is -0.215. The van der Waals surface area contributed by atoms with Gasteiger partial charge in [0.05, 0.1) is 16.2 Å². The first-order valence-electron chi connectivity index (χ1n) is 9.20. The Balaban J connectivity index is 1.61. The minimum absolute atomic E-state index is 0.0177. The Bertz CT molecular complexity index is 1260. The quantitative estimate of drug-likeness (QED) is 0.109. The Kier molecular flexibility index (Phi) is 6.28. The minimum Gasteiger partial charge on any atom is -0.411 e. The number of rotatable bonds is 7. The number of Topliss-reactive ketones (excluding diaryl/α,β-unsaturated/α-hetero) is 1. The highest BCUT2D eigenvalue weighted by atomic mass is 32.2. The molecule has 10 nitrogen and oxygen atoms in total. The van der Waals surface area contributed by atoms with E-state index in [2.05, 4.69) is 25.7 Å². The molecule has 0 aliphatic rings. The molecule has 4 aromatic rings. The van der Waals surface area contributed by atoms with Gasteiger partial charge < -0.3 is 4.42 Å². The monoisotopic (exact) mass is 446 g/mol. The lowest BCUT2D eigenvalue weighted by Crippen LogP contribution is -2.13. The largest absolute Gasteiger partial charge is 0.411 e. The summed E-state index contributed by atoms with van der Waals surface area (Å²) in [6, 6.07) is 17.8. The van der Waals surface area contributed by atoms with Gasteiger partial charge in [0.25, 0.3) is 10.9 Å². The number of nitro benzene ring substituents is 1. The van der Waals surface area contributed by atoms with Gasteiger partial charge in [-0.15, -0.1) is 10.2 Å². The highest BCUT2D eigenvalue weighted by molar-refractivity contribution is 8.15. The first-order chi connectivity index (χ1) is 15.6. The second-order valence-electron chi connectivity index (χ2n) is 6.24. The molecule has 0 aliphatic carbocycles. The lowest BCUT2D eigenvalue weighted by atomic mass is 10.1. The standard InChI is InChI=1S/C21H14N6O4S/c28-18(14-8-10-17(11-9-14)27(29)30)20(25-23-16-6-2-1-3-7-16)32-21-26-24-19(31-21)15-5-4-12-22-13-15/h1-13,23H. The summed E-state index contributed by atoms with van der Waals surface area (Å²) in [7, 11) is 0. The lowest BCUT2D eigenvalue weighted by Gasteiger charge is -2.05. The van der Waals surface area contributed by atoms with Crippen molar-refractivity contribution in [1.29, 1.82) is 0 Å². The van der Waals surface area contributed by atoms with E-state index in [0.717, 1.165) is 11.8 Å². The highest BCUT2D eigenvalue weighted by Crippen LogP contribution is 2.25. The fourth-order valence-corrected chi connectivity index (χ4v) is 3.22. The Hall–Kier alpha value is -4.38. The van der Waals surface area contributed by atoms with E-state index < -0.39 is 10.7 Å². The van der Waals surface area contributed by atoms with E-state index in [-0.39, 0.29) is 27.4 Å². The fourth-order valence-electron chi connectivity index (χ4n) is 2.55. The number of para-hydroxylation sites is 1. The summed E-state index contributed by atoms with van der Waals surface area (Å²) in [4.78, 5) is 27.4. The van der Waals surface area contributed by atoms with Gasteiger partial charge in [-0.25, -0.2) is 0 Å². The number of ketones is 1. The first-order valence-corrected chi connectivity index (χ1v) is 10.0. The SMILES string of the molecule is O=C(C(=NNc1ccccc1)Sc1nnc(-c2cccnc2)o1)c1ccc([N+](=O)[O-])cc1. The van der Waals surface area contributed by atoms with E-state index in [9.17, 15) is 14.9 Å². The number of nitrogens with zero attached hydrogens (tertiary/aromatic N) is 5. The Labute approximate surface area is 185 Å². The third kappa shape index (κ3) is 5.02. The molecule has 0 spiro atoms. The highest BCUT2D eigenvalue weighted by Gasteiger charge is 2.21. The number of carbonyl (C=O) groups is 1. The number of pyridine rings is 1. The molecule has 0 aliphatic heterocycles. The van der Waals surface area contributed by atoms with E-state index in [4.69, 9.17) is 4.42 Å². The summed E-state index contributed by atoms with van der Waals surface area (Å²) in [6.07, 6.45) is 3.20. The van der Waals surface area contributed by atoms with E-state index in [1.54, 1.807) is 36.7 Å². The van der Waals surface area contributed by atoms with Crippen molar-refractivity contribution in [2.45, 2.75) is 5.22 Å². The van der Waals surface area contributed by atoms with Gasteiger partial charge in [0, 0.05) is 30.1 Å². The maximum absolute atomic E-state index is 13.1. The molecular formula is C21H14N6O4S. The molecule has 0 radical (unpaired) electrons. The van der Waals surface area contributed by atoms with Crippen LogP contribution in [0, 0.1) is 10.1 Å². The van der Waals surface area contributed by atoms with Crippen molar-refractivity contribution in [3.05, 3.63) is 94.8 Å². The first kappa shape index (κ1) is 20.9. The van der Waals surface area contributed by atoms with Crippen LogP contribution in [0.2, 0.25) is 0 Å². The lowest BCUT2D eigenvalue weighted by molar-refractivity contribution is -0.384. The number of hydrogen-bond acceptors (Lipinski definition) is 10. The summed E-state index contributed by atoms with van der Waals surface area (Å²) >= 11 is 0.880. The predicted molar refractivity (Wildman–Crippen MR) is 118 cm³/mol. The molecule has 0 bridgehead atoms. The molecule has 0 fully saturated rings. The van der Waals surface area contributed by atoms with Crippen molar-refractivity contribution >= 4 is 34.0 Å². The second kappa shape index (κ2) is 9.62. The van der Waals surface area contributed by atoms with Crippen LogP contribution in [0.3, 0.4) is 0 Å². The van der Waals surface area contributed by atoms with Crippen LogP contribution in [0.15, 0.2) is 93.9 Å². The molecule has 32 heavy (non-hydrogen) atoms. The molecule has 1 N–H and O–H groups in total. The van der Waals surface area contributed by atoms with Crippen molar-refractivity contribution in [2.24, 2.45) is 5.10 Å². The number of thioether (sulfide) groups is 1. The van der Waals surface area contributed by atoms with Gasteiger partial charge >= 0.3 is 0 Å². The average Bonchev–Trinajstić information content (AvgIpc) is 3.31. The number of carbonyl (C=O) groups excluding carboxylic acids is 1. The van der Waals surface area contributed by atoms with Crippen LogP contribution in [-0.4, -0.2) is 30.9 Å². The predicted octanol–water partition coefficient (Wildman–Crippen LogP) is 4.44. The zero-order chi connectivity index (χ0) is 22.3. The Morgan fingerprint density at radius 3 is 2.50 bits per heavy atom. The van der Waals surface area contributed by atoms with E-state index in [1.165, 1.54) is 24.3 Å². The van der Waals surface area contributed by atoms with Crippen molar-refractivity contribution in [1.82, 2.24) is 15.2 Å². The summed E-state index contributed by atoms with van der Waals surface area (Å²) in [6.45, 7) is 0. The van der Waals surface area contributed by atoms with Crippen LogP contribution in [-0.2, 0) is 0 Å². The maximum atomic E-state index is 13.1. The molecule has 0 saturated heterocycles. The molecule has 0 amide bonds. The smallest absolute Gasteiger partial charge is 0.283 e. The number of hydrogen-bond donors (Lipinski definition) is 1. The molecule has 0 unspecified atom stereocenters. The van der Waals surface area contributed by atoms with Crippen LogP contribution < -0.4 is 5.43 Å². The van der Waals surface area contributed by atoms with Crippen LogP contribution >= 0.6 is 11.8 Å². The average molecular weight is 446 g/mol. The molecule has 2 aromatic heterocycles. The van der Waals surface area contributed by atoms with Gasteiger partial charge in [-0.1, -0.05) is 18.2 Å². The molecule has 158 valence electrons. The minimum atomic E-state index is -0.534. The Morgan fingerprint density at radius 2 is 1.81 bits per heavy atom. The summed E-state index contributed by atoms with van der Waals surface area (Å²) < 4.78 is 5.64. The molecule has 4 rings (SSSR count). The van der Waals surface area contributed by atoms with Crippen LogP contribution in [0.1, 0.15) is 10.4 Å². The van der Waals surface area contributed by atoms with E-state index >= 15 is 0 Å². The second-order valence-corrected chi connectivity index (χ2v) is 7.18. The summed E-state index contributed by atoms with van der Waals surface area (Å²) in [5, 5.41) is 23.2. The number of nitro groups is 1. The number of non-ortho nitro benzene ring substituents is 1. The number of aromatic nitrogens is 3. The van der Waals surface area contributed by atoms with Gasteiger partial charge in [0.1, 0.15) is 0 Å². The number of anilines is 1. The zero-order valence-corrected chi connectivity index (χ0v) is 17.1. The Morgan fingerprint density at radius 1 is 1.03 bits per heavy atom. The van der Waals surface area contributed by atoms with Crippen LogP contribution in [0.25, 0.3) is 11.5 Å². The fraction of sp³-hybridized carbons (Fsp3) is 0. The van der Waals surface area contributed by atoms with E-state index in [0.29, 0.717) is 11.3 Å².